The monoisotopic (exact) mass is 467 g/mol. The molecule has 1 fully saturated rings. The van der Waals surface area contributed by atoms with Crippen LogP contribution in [0.25, 0.3) is 0 Å². The number of hydrogen-bond acceptors (Lipinski definition) is 9. The Morgan fingerprint density at radius 3 is 2.48 bits per heavy atom. The summed E-state index contributed by atoms with van der Waals surface area (Å²) in [6.07, 6.45) is -2.79. The highest BCUT2D eigenvalue weighted by molar-refractivity contribution is 5.41. The van der Waals surface area contributed by atoms with Crippen LogP contribution >= 0.6 is 0 Å². The molecule has 10 heteroatoms. The Balaban J connectivity index is 2.30. The van der Waals surface area contributed by atoms with E-state index in [2.05, 4.69) is 16.8 Å². The van der Waals surface area contributed by atoms with E-state index in [4.69, 9.17) is 19.9 Å². The summed E-state index contributed by atoms with van der Waals surface area (Å²) in [5.74, 6) is 0.798. The van der Waals surface area contributed by atoms with E-state index in [1.165, 1.54) is 0 Å². The SMILES string of the molecule is C=C(/C=C\C(Cc1c(OC2OC(CO)[C@@H](O)C(O)[C@H]2O)n[nH]c1C(C)C)=C(C)C)OCCN. The molecule has 186 valence electrons. The van der Waals surface area contributed by atoms with Gasteiger partial charge in [-0.3, -0.25) is 5.10 Å². The maximum atomic E-state index is 10.3. The van der Waals surface area contributed by atoms with Crippen LogP contribution in [0.15, 0.2) is 35.6 Å². The first kappa shape index (κ1) is 27.0. The summed E-state index contributed by atoms with van der Waals surface area (Å²) in [4.78, 5) is 0. The maximum Gasteiger partial charge on any atom is 0.238 e. The van der Waals surface area contributed by atoms with Crippen molar-refractivity contribution >= 4 is 0 Å². The van der Waals surface area contributed by atoms with Crippen molar-refractivity contribution in [2.24, 2.45) is 5.73 Å². The van der Waals surface area contributed by atoms with E-state index in [0.29, 0.717) is 25.3 Å². The van der Waals surface area contributed by atoms with E-state index in [-0.39, 0.29) is 11.8 Å². The lowest BCUT2D eigenvalue weighted by atomic mass is 9.96. The zero-order valence-corrected chi connectivity index (χ0v) is 19.7. The van der Waals surface area contributed by atoms with Crippen molar-refractivity contribution in [1.82, 2.24) is 10.2 Å². The second kappa shape index (κ2) is 12.3. The number of hydrogen-bond donors (Lipinski definition) is 6. The molecule has 7 N–H and O–H groups in total. The molecule has 10 nitrogen and oxygen atoms in total. The van der Waals surface area contributed by atoms with Gasteiger partial charge >= 0.3 is 0 Å². The quantitative estimate of drug-likeness (QED) is 0.202. The zero-order valence-electron chi connectivity index (χ0n) is 19.7. The van der Waals surface area contributed by atoms with Crippen LogP contribution in [-0.4, -0.2) is 81.1 Å². The van der Waals surface area contributed by atoms with E-state index in [9.17, 15) is 20.4 Å². The zero-order chi connectivity index (χ0) is 24.7. The number of nitrogens with two attached hydrogens (primary N) is 1. The highest BCUT2D eigenvalue weighted by atomic mass is 16.7. The minimum Gasteiger partial charge on any atom is -0.493 e. The maximum absolute atomic E-state index is 10.3. The second-order valence-corrected chi connectivity index (χ2v) is 8.53. The number of aliphatic hydroxyl groups is 4. The van der Waals surface area contributed by atoms with Crippen LogP contribution in [0.4, 0.5) is 0 Å². The summed E-state index contributed by atoms with van der Waals surface area (Å²) in [5, 5.41) is 47.1. The summed E-state index contributed by atoms with van der Waals surface area (Å²) in [7, 11) is 0. The van der Waals surface area contributed by atoms with Crippen molar-refractivity contribution in [3.05, 3.63) is 46.9 Å². The lowest BCUT2D eigenvalue weighted by Gasteiger charge is -2.39. The number of rotatable bonds is 11. The van der Waals surface area contributed by atoms with Gasteiger partial charge in [-0.2, -0.15) is 0 Å². The van der Waals surface area contributed by atoms with Crippen molar-refractivity contribution in [3.63, 3.8) is 0 Å². The van der Waals surface area contributed by atoms with Gasteiger partial charge < -0.3 is 40.4 Å². The third-order valence-corrected chi connectivity index (χ3v) is 5.40. The van der Waals surface area contributed by atoms with Gasteiger partial charge in [0.1, 0.15) is 36.8 Å². The van der Waals surface area contributed by atoms with Crippen LogP contribution in [-0.2, 0) is 15.9 Å². The lowest BCUT2D eigenvalue weighted by molar-refractivity contribution is -0.278. The van der Waals surface area contributed by atoms with Gasteiger partial charge in [0.15, 0.2) is 0 Å². The average Bonchev–Trinajstić information content (AvgIpc) is 3.17. The van der Waals surface area contributed by atoms with Crippen LogP contribution in [0.3, 0.4) is 0 Å². The normalized spacial score (nSPS) is 25.5. The molecular formula is C23H37N3O7. The highest BCUT2D eigenvalue weighted by Gasteiger charge is 2.45. The number of aliphatic hydroxyl groups excluding tert-OH is 4. The minimum absolute atomic E-state index is 0.102. The predicted molar refractivity (Wildman–Crippen MR) is 122 cm³/mol. The van der Waals surface area contributed by atoms with Crippen molar-refractivity contribution in [2.75, 3.05) is 19.8 Å². The second-order valence-electron chi connectivity index (χ2n) is 8.53. The Morgan fingerprint density at radius 2 is 1.91 bits per heavy atom. The Kier molecular flexibility index (Phi) is 10.1. The molecule has 1 aromatic rings. The molecule has 0 bridgehead atoms. The molecular weight excluding hydrogens is 430 g/mol. The van der Waals surface area contributed by atoms with E-state index in [1.54, 1.807) is 6.08 Å². The van der Waals surface area contributed by atoms with Gasteiger partial charge in [0, 0.05) is 24.2 Å². The van der Waals surface area contributed by atoms with E-state index in [0.717, 1.165) is 22.4 Å². The van der Waals surface area contributed by atoms with Crippen molar-refractivity contribution in [1.29, 1.82) is 0 Å². The molecule has 1 aromatic heterocycles. The first-order chi connectivity index (χ1) is 15.6. The highest BCUT2D eigenvalue weighted by Crippen LogP contribution is 2.32. The number of aromatic amines is 1. The van der Waals surface area contributed by atoms with Gasteiger partial charge in [-0.25, -0.2) is 0 Å². The molecule has 0 spiro atoms. The topological polar surface area (TPSA) is 163 Å². The Hall–Kier alpha value is -2.21. The van der Waals surface area contributed by atoms with Gasteiger partial charge in [0.25, 0.3) is 0 Å². The molecule has 2 heterocycles. The first-order valence-electron chi connectivity index (χ1n) is 11.0. The summed E-state index contributed by atoms with van der Waals surface area (Å²) >= 11 is 0. The lowest BCUT2D eigenvalue weighted by Crippen LogP contribution is -2.60. The van der Waals surface area contributed by atoms with Gasteiger partial charge in [-0.05, 0) is 31.4 Å². The molecule has 3 unspecified atom stereocenters. The third-order valence-electron chi connectivity index (χ3n) is 5.40. The molecule has 33 heavy (non-hydrogen) atoms. The van der Waals surface area contributed by atoms with Gasteiger partial charge in [0.2, 0.25) is 12.2 Å². The fourth-order valence-electron chi connectivity index (χ4n) is 3.41. The van der Waals surface area contributed by atoms with Crippen molar-refractivity contribution < 1.29 is 34.6 Å². The number of nitrogens with one attached hydrogen (secondary N) is 1. The molecule has 0 radical (unpaired) electrons. The third kappa shape index (κ3) is 6.89. The fourth-order valence-corrected chi connectivity index (χ4v) is 3.41. The molecule has 1 aliphatic rings. The molecule has 0 saturated carbocycles. The minimum atomic E-state index is -1.54. The van der Waals surface area contributed by atoms with Gasteiger partial charge in [-0.15, -0.1) is 5.10 Å². The molecule has 0 amide bonds. The molecule has 1 aliphatic heterocycles. The molecule has 5 atom stereocenters. The van der Waals surface area contributed by atoms with E-state index >= 15 is 0 Å². The summed E-state index contributed by atoms with van der Waals surface area (Å²) in [5.41, 5.74) is 9.11. The molecule has 0 aliphatic carbocycles. The van der Waals surface area contributed by atoms with E-state index in [1.807, 2.05) is 33.8 Å². The Labute approximate surface area is 194 Å². The van der Waals surface area contributed by atoms with Gasteiger partial charge in [0.05, 0.1) is 6.61 Å². The molecule has 1 saturated heterocycles. The number of nitrogens with zero attached hydrogens (tertiary/aromatic N) is 1. The first-order valence-corrected chi connectivity index (χ1v) is 11.0. The van der Waals surface area contributed by atoms with Crippen LogP contribution in [0, 0.1) is 0 Å². The van der Waals surface area contributed by atoms with E-state index < -0.39 is 37.3 Å². The summed E-state index contributed by atoms with van der Waals surface area (Å²) < 4.78 is 16.7. The number of ether oxygens (including phenoxy) is 3. The van der Waals surface area contributed by atoms with Crippen molar-refractivity contribution in [2.45, 2.75) is 70.7 Å². The van der Waals surface area contributed by atoms with Crippen LogP contribution in [0.5, 0.6) is 5.88 Å². The van der Waals surface area contributed by atoms with Gasteiger partial charge in [-0.1, -0.05) is 32.1 Å². The van der Waals surface area contributed by atoms with Crippen molar-refractivity contribution in [3.8, 4) is 5.88 Å². The standard InChI is InChI=1S/C23H37N3O7/c1-12(2)15(7-6-14(5)31-9-8-24)10-16-18(13(3)4)25-26-22(16)33-23-21(30)20(29)19(28)17(11-27)32-23/h6-7,13,17,19-21,23,27-30H,5,8-11,24H2,1-4H3,(H,25,26)/b7-6-/t17?,19-,20?,21-,23?/m1/s1. The average molecular weight is 468 g/mol. The smallest absolute Gasteiger partial charge is 0.238 e. The fraction of sp³-hybridized carbons (Fsp3) is 0.609. The number of aromatic nitrogens is 2. The van der Waals surface area contributed by atoms with Crippen LogP contribution in [0.2, 0.25) is 0 Å². The van der Waals surface area contributed by atoms with Crippen LogP contribution in [0.1, 0.15) is 44.9 Å². The molecule has 2 rings (SSSR count). The molecule has 0 aromatic carbocycles. The Bertz CT molecular complexity index is 843. The van der Waals surface area contributed by atoms with Crippen LogP contribution < -0.4 is 10.5 Å². The number of H-pyrrole nitrogens is 1. The Morgan fingerprint density at radius 1 is 1.21 bits per heavy atom. The summed E-state index contributed by atoms with van der Waals surface area (Å²) in [6.45, 7) is 12.1. The summed E-state index contributed by atoms with van der Waals surface area (Å²) in [6, 6.07) is 0. The predicted octanol–water partition coefficient (Wildman–Crippen LogP) is 0.636. The number of allylic oxidation sites excluding steroid dienone is 4. The largest absolute Gasteiger partial charge is 0.493 e.